The molecule has 0 spiro atoms. The largest absolute Gasteiger partial charge is 0.357 e. The van der Waals surface area contributed by atoms with Gasteiger partial charge in [-0.2, -0.15) is 0 Å². The zero-order chi connectivity index (χ0) is 21.5. The predicted molar refractivity (Wildman–Crippen MR) is 125 cm³/mol. The van der Waals surface area contributed by atoms with Gasteiger partial charge < -0.3 is 10.6 Å². The van der Waals surface area contributed by atoms with Crippen molar-refractivity contribution in [2.45, 2.75) is 45.2 Å². The molecule has 1 aliphatic heterocycles. The second kappa shape index (κ2) is 10.4. The number of nitrogens with zero attached hydrogens (tertiary/aromatic N) is 5. The molecule has 1 aliphatic rings. The Morgan fingerprint density at radius 3 is 2.65 bits per heavy atom. The molecule has 1 saturated heterocycles. The average molecular weight is 420 g/mol. The molecule has 0 saturated carbocycles. The SMILES string of the molecule is CCNC(=NCCc1nnc2ccccn12)NC1CCN(C(C)c2ccccc2)CC1. The van der Waals surface area contributed by atoms with Crippen LogP contribution in [0.1, 0.15) is 44.1 Å². The van der Waals surface area contributed by atoms with E-state index in [9.17, 15) is 0 Å². The Labute approximate surface area is 184 Å². The smallest absolute Gasteiger partial charge is 0.191 e. The maximum atomic E-state index is 4.79. The van der Waals surface area contributed by atoms with Crippen molar-refractivity contribution in [3.05, 3.63) is 66.1 Å². The van der Waals surface area contributed by atoms with E-state index in [1.807, 2.05) is 28.8 Å². The summed E-state index contributed by atoms with van der Waals surface area (Å²) in [6.45, 7) is 8.13. The summed E-state index contributed by atoms with van der Waals surface area (Å²) in [5.41, 5.74) is 2.27. The molecule has 7 heteroatoms. The van der Waals surface area contributed by atoms with Crippen molar-refractivity contribution in [1.29, 1.82) is 0 Å². The topological polar surface area (TPSA) is 69.8 Å². The number of aliphatic imine (C=N–C) groups is 1. The van der Waals surface area contributed by atoms with Crippen molar-refractivity contribution >= 4 is 11.6 Å². The molecule has 0 aliphatic carbocycles. The lowest BCUT2D eigenvalue weighted by atomic mass is 10.0. The Morgan fingerprint density at radius 1 is 1.10 bits per heavy atom. The highest BCUT2D eigenvalue weighted by atomic mass is 15.2. The van der Waals surface area contributed by atoms with Gasteiger partial charge in [-0.3, -0.25) is 14.3 Å². The minimum absolute atomic E-state index is 0.450. The summed E-state index contributed by atoms with van der Waals surface area (Å²) < 4.78 is 2.03. The Hall–Kier alpha value is -2.93. The first kappa shape index (κ1) is 21.3. The zero-order valence-electron chi connectivity index (χ0n) is 18.5. The first-order valence-electron chi connectivity index (χ1n) is 11.4. The van der Waals surface area contributed by atoms with E-state index in [2.05, 4.69) is 69.9 Å². The van der Waals surface area contributed by atoms with Crippen LogP contribution in [-0.2, 0) is 6.42 Å². The molecular formula is C24H33N7. The van der Waals surface area contributed by atoms with Crippen molar-refractivity contribution in [1.82, 2.24) is 30.1 Å². The van der Waals surface area contributed by atoms with E-state index in [4.69, 9.17) is 4.99 Å². The summed E-state index contributed by atoms with van der Waals surface area (Å²) in [7, 11) is 0. The number of likely N-dealkylation sites (tertiary alicyclic amines) is 1. The van der Waals surface area contributed by atoms with Crippen molar-refractivity contribution < 1.29 is 0 Å². The van der Waals surface area contributed by atoms with E-state index in [1.165, 1.54) is 5.56 Å². The summed E-state index contributed by atoms with van der Waals surface area (Å²) in [5, 5.41) is 15.6. The van der Waals surface area contributed by atoms with Crippen LogP contribution in [0.15, 0.2) is 59.7 Å². The second-order valence-corrected chi connectivity index (χ2v) is 8.10. The summed E-state index contributed by atoms with van der Waals surface area (Å²) >= 11 is 0. The zero-order valence-corrected chi connectivity index (χ0v) is 18.5. The number of aromatic nitrogens is 3. The van der Waals surface area contributed by atoms with Crippen LogP contribution in [0, 0.1) is 0 Å². The van der Waals surface area contributed by atoms with Crippen LogP contribution >= 0.6 is 0 Å². The fourth-order valence-electron chi connectivity index (χ4n) is 4.22. The molecular weight excluding hydrogens is 386 g/mol. The van der Waals surface area contributed by atoms with Crippen LogP contribution in [0.5, 0.6) is 0 Å². The van der Waals surface area contributed by atoms with Gasteiger partial charge in [0.25, 0.3) is 0 Å². The standard InChI is InChI=1S/C24H33N7/c1-3-25-24(26-15-12-23-29-28-22-11-7-8-16-31(22)23)27-21-13-17-30(18-14-21)19(2)20-9-5-4-6-10-20/h4-11,16,19,21H,3,12-15,17-18H2,1-2H3,(H2,25,26,27). The van der Waals surface area contributed by atoms with E-state index in [0.29, 0.717) is 18.6 Å². The molecule has 0 amide bonds. The van der Waals surface area contributed by atoms with Crippen LogP contribution in [0.2, 0.25) is 0 Å². The molecule has 2 N–H and O–H groups in total. The maximum Gasteiger partial charge on any atom is 0.191 e. The third-order valence-corrected chi connectivity index (χ3v) is 6.03. The number of rotatable bonds is 7. The van der Waals surface area contributed by atoms with Crippen LogP contribution in [0.3, 0.4) is 0 Å². The normalized spacial score (nSPS) is 17.0. The van der Waals surface area contributed by atoms with Crippen LogP contribution in [-0.4, -0.2) is 57.7 Å². The van der Waals surface area contributed by atoms with E-state index < -0.39 is 0 Å². The molecule has 1 unspecified atom stereocenters. The monoisotopic (exact) mass is 419 g/mol. The van der Waals surface area contributed by atoms with Gasteiger partial charge in [-0.1, -0.05) is 36.4 Å². The number of hydrogen-bond donors (Lipinski definition) is 2. The predicted octanol–water partition coefficient (Wildman–Crippen LogP) is 3.05. The van der Waals surface area contributed by atoms with Crippen LogP contribution in [0.25, 0.3) is 5.65 Å². The Morgan fingerprint density at radius 2 is 1.87 bits per heavy atom. The van der Waals surface area contributed by atoms with Crippen LogP contribution < -0.4 is 10.6 Å². The summed E-state index contributed by atoms with van der Waals surface area (Å²) in [6, 6.07) is 17.6. The fraction of sp³-hybridized carbons (Fsp3) is 0.458. The molecule has 164 valence electrons. The molecule has 0 bridgehead atoms. The van der Waals surface area contributed by atoms with Gasteiger partial charge in [0.05, 0.1) is 0 Å². The second-order valence-electron chi connectivity index (χ2n) is 8.10. The minimum atomic E-state index is 0.450. The van der Waals surface area contributed by atoms with Gasteiger partial charge in [0, 0.05) is 50.9 Å². The number of fused-ring (bicyclic) bond motifs is 1. The molecule has 2 aromatic heterocycles. The first-order valence-corrected chi connectivity index (χ1v) is 11.4. The average Bonchev–Trinajstić information content (AvgIpc) is 3.23. The fourth-order valence-corrected chi connectivity index (χ4v) is 4.22. The number of guanidine groups is 1. The lowest BCUT2D eigenvalue weighted by molar-refractivity contribution is 0.158. The number of pyridine rings is 1. The molecule has 1 fully saturated rings. The Bertz CT molecular complexity index is 974. The summed E-state index contributed by atoms with van der Waals surface area (Å²) in [6.07, 6.45) is 5.00. The van der Waals surface area contributed by atoms with Gasteiger partial charge in [-0.05, 0) is 44.4 Å². The number of piperidine rings is 1. The molecule has 4 rings (SSSR count). The molecule has 7 nitrogen and oxygen atoms in total. The first-order chi connectivity index (χ1) is 15.2. The van der Waals surface area contributed by atoms with Gasteiger partial charge >= 0.3 is 0 Å². The lowest BCUT2D eigenvalue weighted by Gasteiger charge is -2.37. The lowest BCUT2D eigenvalue weighted by Crippen LogP contribution is -2.49. The van der Waals surface area contributed by atoms with Crippen molar-refractivity contribution in [2.24, 2.45) is 4.99 Å². The highest BCUT2D eigenvalue weighted by molar-refractivity contribution is 5.80. The molecule has 1 atom stereocenters. The van der Waals surface area contributed by atoms with Gasteiger partial charge in [0.15, 0.2) is 11.6 Å². The van der Waals surface area contributed by atoms with Crippen molar-refractivity contribution in [3.63, 3.8) is 0 Å². The summed E-state index contributed by atoms with van der Waals surface area (Å²) in [4.78, 5) is 7.37. The number of benzene rings is 1. The molecule has 31 heavy (non-hydrogen) atoms. The van der Waals surface area contributed by atoms with Gasteiger partial charge in [-0.25, -0.2) is 0 Å². The molecule has 1 aromatic carbocycles. The molecule has 3 aromatic rings. The van der Waals surface area contributed by atoms with Crippen LogP contribution in [0.4, 0.5) is 0 Å². The highest BCUT2D eigenvalue weighted by Gasteiger charge is 2.24. The number of nitrogens with one attached hydrogen (secondary N) is 2. The third kappa shape index (κ3) is 5.41. The van der Waals surface area contributed by atoms with E-state index >= 15 is 0 Å². The Kier molecular flexibility index (Phi) is 7.14. The number of hydrogen-bond acceptors (Lipinski definition) is 4. The van der Waals surface area contributed by atoms with Gasteiger partial charge in [-0.15, -0.1) is 10.2 Å². The highest BCUT2D eigenvalue weighted by Crippen LogP contribution is 2.23. The third-order valence-electron chi connectivity index (χ3n) is 6.03. The maximum absolute atomic E-state index is 4.79. The summed E-state index contributed by atoms with van der Waals surface area (Å²) in [5.74, 6) is 1.84. The van der Waals surface area contributed by atoms with Gasteiger partial charge in [0.2, 0.25) is 0 Å². The molecule has 0 radical (unpaired) electrons. The van der Waals surface area contributed by atoms with E-state index in [1.54, 1.807) is 0 Å². The van der Waals surface area contributed by atoms with Crippen molar-refractivity contribution in [2.75, 3.05) is 26.2 Å². The quantitative estimate of drug-likeness (QED) is 0.455. The van der Waals surface area contributed by atoms with E-state index in [0.717, 1.165) is 56.3 Å². The Balaban J connectivity index is 1.29. The van der Waals surface area contributed by atoms with Crippen molar-refractivity contribution in [3.8, 4) is 0 Å². The van der Waals surface area contributed by atoms with E-state index in [-0.39, 0.29) is 0 Å². The molecule has 3 heterocycles. The minimum Gasteiger partial charge on any atom is -0.357 e. The van der Waals surface area contributed by atoms with Gasteiger partial charge in [0.1, 0.15) is 5.82 Å².